The van der Waals surface area contributed by atoms with E-state index in [-0.39, 0.29) is 0 Å². The number of rotatable bonds is 2. The van der Waals surface area contributed by atoms with Gasteiger partial charge in [0.05, 0.1) is 18.2 Å². The molecule has 0 aliphatic heterocycles. The predicted octanol–water partition coefficient (Wildman–Crippen LogP) is 2.11. The molecule has 17 heavy (non-hydrogen) atoms. The Morgan fingerprint density at radius 1 is 1.41 bits per heavy atom. The van der Waals surface area contributed by atoms with Crippen molar-refractivity contribution in [2.75, 3.05) is 7.11 Å². The average molecular weight is 268 g/mol. The van der Waals surface area contributed by atoms with E-state index in [1.807, 2.05) is 0 Å². The Kier molecular flexibility index (Phi) is 3.72. The summed E-state index contributed by atoms with van der Waals surface area (Å²) in [6.45, 7) is 0. The van der Waals surface area contributed by atoms with Gasteiger partial charge in [0.2, 0.25) is 0 Å². The first-order valence-corrected chi connectivity index (χ1v) is 4.50. The van der Waals surface area contributed by atoms with Crippen molar-refractivity contribution >= 4 is 23.4 Å². The highest BCUT2D eigenvalue weighted by Gasteiger charge is 2.33. The van der Waals surface area contributed by atoms with Crippen molar-refractivity contribution in [3.05, 3.63) is 28.5 Å². The number of halogens is 4. The summed E-state index contributed by atoms with van der Waals surface area (Å²) >= 11 is 5.44. The first-order chi connectivity index (χ1) is 7.77. The summed E-state index contributed by atoms with van der Waals surface area (Å²) in [5.74, 6) is -2.59. The van der Waals surface area contributed by atoms with E-state index < -0.39 is 34.2 Å². The van der Waals surface area contributed by atoms with Gasteiger partial charge in [0, 0.05) is 6.20 Å². The molecule has 1 aromatic rings. The topological polar surface area (TPSA) is 56.3 Å². The zero-order valence-electron chi connectivity index (χ0n) is 8.34. The summed E-state index contributed by atoms with van der Waals surface area (Å²) in [5, 5.41) is -0.492. The van der Waals surface area contributed by atoms with Crippen LogP contribution in [-0.2, 0) is 15.7 Å². The Morgan fingerprint density at radius 2 is 2.00 bits per heavy atom. The second-order valence-corrected chi connectivity index (χ2v) is 3.24. The second-order valence-electron chi connectivity index (χ2n) is 2.88. The van der Waals surface area contributed by atoms with Crippen LogP contribution in [0.5, 0.6) is 0 Å². The van der Waals surface area contributed by atoms with Gasteiger partial charge in [-0.15, -0.1) is 0 Å². The van der Waals surface area contributed by atoms with Crippen LogP contribution in [0.2, 0.25) is 5.15 Å². The molecule has 1 heterocycles. The smallest absolute Gasteiger partial charge is 0.417 e. The lowest BCUT2D eigenvalue weighted by Crippen LogP contribution is -2.18. The van der Waals surface area contributed by atoms with E-state index in [1.54, 1.807) is 0 Å². The van der Waals surface area contributed by atoms with Gasteiger partial charge in [-0.2, -0.15) is 13.2 Å². The first-order valence-electron chi connectivity index (χ1n) is 4.12. The minimum Gasteiger partial charge on any atom is -0.463 e. The molecular formula is C9H5ClF3NO3. The summed E-state index contributed by atoms with van der Waals surface area (Å²) < 4.78 is 41.1. The summed E-state index contributed by atoms with van der Waals surface area (Å²) in [5.41, 5.74) is -1.82. The molecule has 0 fully saturated rings. The van der Waals surface area contributed by atoms with Crippen LogP contribution in [0.4, 0.5) is 13.2 Å². The summed E-state index contributed by atoms with van der Waals surface area (Å²) in [6, 6.07) is 0.453. The third-order valence-electron chi connectivity index (χ3n) is 1.78. The number of ketones is 1. The zero-order valence-corrected chi connectivity index (χ0v) is 9.09. The van der Waals surface area contributed by atoms with Gasteiger partial charge >= 0.3 is 12.1 Å². The molecule has 4 nitrogen and oxygen atoms in total. The quantitative estimate of drug-likeness (QED) is 0.356. The third-order valence-corrected chi connectivity index (χ3v) is 2.08. The van der Waals surface area contributed by atoms with Crippen molar-refractivity contribution < 1.29 is 27.5 Å². The molecule has 0 unspecified atom stereocenters. The number of hydrogen-bond donors (Lipinski definition) is 0. The fourth-order valence-corrected chi connectivity index (χ4v) is 1.15. The van der Waals surface area contributed by atoms with E-state index in [0.717, 1.165) is 7.11 Å². The van der Waals surface area contributed by atoms with Crippen LogP contribution in [-0.4, -0.2) is 23.8 Å². The number of aromatic nitrogens is 1. The number of ether oxygens (including phenoxy) is 1. The molecule has 0 spiro atoms. The van der Waals surface area contributed by atoms with Gasteiger partial charge < -0.3 is 4.74 Å². The molecule has 0 aromatic carbocycles. The van der Waals surface area contributed by atoms with Gasteiger partial charge in [0.25, 0.3) is 5.78 Å². The highest BCUT2D eigenvalue weighted by atomic mass is 35.5. The fourth-order valence-electron chi connectivity index (χ4n) is 0.965. The maximum atomic E-state index is 12.3. The van der Waals surface area contributed by atoms with Crippen LogP contribution in [0, 0.1) is 0 Å². The zero-order chi connectivity index (χ0) is 13.2. The van der Waals surface area contributed by atoms with Crippen LogP contribution in [0.25, 0.3) is 0 Å². The molecule has 92 valence electrons. The van der Waals surface area contributed by atoms with Gasteiger partial charge in [-0.25, -0.2) is 9.78 Å². The van der Waals surface area contributed by atoms with Gasteiger partial charge in [0.1, 0.15) is 5.15 Å². The molecule has 8 heteroatoms. The van der Waals surface area contributed by atoms with Crippen molar-refractivity contribution in [3.8, 4) is 0 Å². The van der Waals surface area contributed by atoms with Gasteiger partial charge in [0.15, 0.2) is 0 Å². The van der Waals surface area contributed by atoms with E-state index in [1.165, 1.54) is 0 Å². The van der Waals surface area contributed by atoms with E-state index in [0.29, 0.717) is 12.3 Å². The van der Waals surface area contributed by atoms with Crippen molar-refractivity contribution in [3.63, 3.8) is 0 Å². The standard InChI is InChI=1S/C9H5ClF3NO3/c1-17-8(16)6(15)5-2-4(9(11,12)13)3-14-7(5)10/h2-3H,1H3. The first kappa shape index (κ1) is 13.4. The molecule has 0 atom stereocenters. The Bertz CT molecular complexity index is 473. The van der Waals surface area contributed by atoms with Gasteiger partial charge in [-0.1, -0.05) is 11.6 Å². The van der Waals surface area contributed by atoms with Crippen molar-refractivity contribution in [1.82, 2.24) is 4.98 Å². The number of esters is 1. The van der Waals surface area contributed by atoms with Crippen molar-refractivity contribution in [2.24, 2.45) is 0 Å². The number of alkyl halides is 3. The maximum Gasteiger partial charge on any atom is 0.417 e. The number of Topliss-reactive ketones (excluding diaryl/α,β-unsaturated/α-hetero) is 1. The molecule has 0 aliphatic rings. The molecule has 1 aromatic heterocycles. The van der Waals surface area contributed by atoms with Gasteiger partial charge in [-0.3, -0.25) is 4.79 Å². The molecule has 1 rings (SSSR count). The SMILES string of the molecule is COC(=O)C(=O)c1cc(C(F)(F)F)cnc1Cl. The lowest BCUT2D eigenvalue weighted by atomic mass is 10.1. The van der Waals surface area contributed by atoms with Gasteiger partial charge in [-0.05, 0) is 6.07 Å². The number of methoxy groups -OCH3 is 1. The van der Waals surface area contributed by atoms with Crippen LogP contribution in [0.1, 0.15) is 15.9 Å². The molecule has 0 bridgehead atoms. The van der Waals surface area contributed by atoms with E-state index in [4.69, 9.17) is 11.6 Å². The summed E-state index contributed by atoms with van der Waals surface area (Å²) in [7, 11) is 0.926. The lowest BCUT2D eigenvalue weighted by Gasteiger charge is -2.08. The maximum absolute atomic E-state index is 12.3. The molecule has 0 saturated carbocycles. The predicted molar refractivity (Wildman–Crippen MR) is 50.6 cm³/mol. The van der Waals surface area contributed by atoms with E-state index >= 15 is 0 Å². The largest absolute Gasteiger partial charge is 0.463 e. The second kappa shape index (κ2) is 4.70. The average Bonchev–Trinajstić information content (AvgIpc) is 2.26. The molecule has 0 N–H and O–H groups in total. The summed E-state index contributed by atoms with van der Waals surface area (Å²) in [6.07, 6.45) is -4.21. The Labute approximate surface area is 98.3 Å². The Hall–Kier alpha value is -1.63. The highest BCUT2D eigenvalue weighted by molar-refractivity contribution is 6.45. The third kappa shape index (κ3) is 2.94. The molecule has 0 aliphatic carbocycles. The number of nitrogens with zero attached hydrogens (tertiary/aromatic N) is 1. The van der Waals surface area contributed by atoms with Crippen molar-refractivity contribution in [2.45, 2.75) is 6.18 Å². The Morgan fingerprint density at radius 3 is 2.47 bits per heavy atom. The number of pyridine rings is 1. The monoisotopic (exact) mass is 267 g/mol. The lowest BCUT2D eigenvalue weighted by molar-refractivity contribution is -0.138. The van der Waals surface area contributed by atoms with Crippen LogP contribution >= 0.6 is 11.6 Å². The normalized spacial score (nSPS) is 11.1. The van der Waals surface area contributed by atoms with E-state index in [9.17, 15) is 22.8 Å². The molecule has 0 saturated heterocycles. The number of carbonyl (C=O) groups is 2. The van der Waals surface area contributed by atoms with Crippen molar-refractivity contribution in [1.29, 1.82) is 0 Å². The summed E-state index contributed by atoms with van der Waals surface area (Å²) in [4.78, 5) is 25.4. The number of hydrogen-bond acceptors (Lipinski definition) is 4. The molecular weight excluding hydrogens is 263 g/mol. The highest BCUT2D eigenvalue weighted by Crippen LogP contribution is 2.30. The Balaban J connectivity index is 3.25. The fraction of sp³-hybridized carbons (Fsp3) is 0.222. The molecule has 0 amide bonds. The van der Waals surface area contributed by atoms with Crippen LogP contribution in [0.15, 0.2) is 12.3 Å². The minimum atomic E-state index is -4.68. The van der Waals surface area contributed by atoms with Crippen LogP contribution in [0.3, 0.4) is 0 Å². The van der Waals surface area contributed by atoms with E-state index in [2.05, 4.69) is 9.72 Å². The molecule has 0 radical (unpaired) electrons. The number of carbonyl (C=O) groups excluding carboxylic acids is 2. The van der Waals surface area contributed by atoms with Crippen LogP contribution < -0.4 is 0 Å². The minimum absolute atomic E-state index is 0.453.